The average Bonchev–Trinajstić information content (AvgIpc) is 3.29. The third-order valence-electron chi connectivity index (χ3n) is 4.91. The minimum absolute atomic E-state index is 0.105. The van der Waals surface area contributed by atoms with Crippen LogP contribution in [0.15, 0.2) is 24.3 Å². The summed E-state index contributed by atoms with van der Waals surface area (Å²) in [6.07, 6.45) is 0.923. The van der Waals surface area contributed by atoms with Crippen molar-refractivity contribution >= 4 is 6.03 Å². The Bertz CT molecular complexity index is 557. The molecule has 1 heterocycles. The Morgan fingerprint density at radius 3 is 2.58 bits per heavy atom. The monoisotopic (exact) mass is 334 g/mol. The van der Waals surface area contributed by atoms with Crippen molar-refractivity contribution in [2.24, 2.45) is 0 Å². The fourth-order valence-electron chi connectivity index (χ4n) is 3.33. The van der Waals surface area contributed by atoms with Crippen LogP contribution in [0.3, 0.4) is 0 Å². The molecule has 3 rings (SSSR count). The van der Waals surface area contributed by atoms with Crippen molar-refractivity contribution in [3.8, 4) is 0 Å². The largest absolute Gasteiger partial charge is 0.335 e. The van der Waals surface area contributed by atoms with Gasteiger partial charge in [-0.05, 0) is 38.1 Å². The van der Waals surface area contributed by atoms with E-state index in [1.54, 1.807) is 12.1 Å². The van der Waals surface area contributed by atoms with Crippen molar-refractivity contribution < 1.29 is 9.18 Å². The minimum atomic E-state index is -0.223. The number of carbonyl (C=O) groups is 1. The van der Waals surface area contributed by atoms with Crippen LogP contribution in [0.1, 0.15) is 24.8 Å². The lowest BCUT2D eigenvalue weighted by molar-refractivity contribution is 0.144. The van der Waals surface area contributed by atoms with Gasteiger partial charge in [0.2, 0.25) is 0 Å². The number of piperazine rings is 1. The lowest BCUT2D eigenvalue weighted by atomic mass is 10.1. The first-order chi connectivity index (χ1) is 11.5. The lowest BCUT2D eigenvalue weighted by Gasteiger charge is -2.34. The molecule has 3 atom stereocenters. The summed E-state index contributed by atoms with van der Waals surface area (Å²) in [7, 11) is 2.14. The van der Waals surface area contributed by atoms with E-state index >= 15 is 0 Å². The van der Waals surface area contributed by atoms with E-state index in [1.807, 2.05) is 6.92 Å². The molecule has 1 saturated heterocycles. The van der Waals surface area contributed by atoms with Gasteiger partial charge < -0.3 is 15.5 Å². The van der Waals surface area contributed by atoms with E-state index in [0.717, 1.165) is 44.7 Å². The summed E-state index contributed by atoms with van der Waals surface area (Å²) in [4.78, 5) is 16.8. The highest BCUT2D eigenvalue weighted by Gasteiger charge is 2.39. The van der Waals surface area contributed by atoms with Crippen LogP contribution in [0.5, 0.6) is 0 Å². The minimum Gasteiger partial charge on any atom is -0.335 e. The molecule has 1 aliphatic heterocycles. The van der Waals surface area contributed by atoms with Crippen molar-refractivity contribution in [1.29, 1.82) is 0 Å². The van der Waals surface area contributed by atoms with Crippen molar-refractivity contribution in [3.63, 3.8) is 0 Å². The Hall–Kier alpha value is -1.66. The number of halogens is 1. The molecule has 6 heteroatoms. The number of urea groups is 1. The Labute approximate surface area is 143 Å². The zero-order chi connectivity index (χ0) is 17.1. The number of likely N-dealkylation sites (N-methyl/N-ethyl adjacent to an activating group) is 1. The summed E-state index contributed by atoms with van der Waals surface area (Å²) in [5, 5.41) is 6.05. The van der Waals surface area contributed by atoms with Crippen LogP contribution in [0.4, 0.5) is 9.18 Å². The molecule has 2 amide bonds. The molecular formula is C18H27FN4O. The average molecular weight is 334 g/mol. The molecule has 2 N–H and O–H groups in total. The number of hydrogen-bond donors (Lipinski definition) is 2. The molecule has 132 valence electrons. The smallest absolute Gasteiger partial charge is 0.315 e. The zero-order valence-corrected chi connectivity index (χ0v) is 14.5. The maximum absolute atomic E-state index is 12.9. The van der Waals surface area contributed by atoms with E-state index in [1.165, 1.54) is 12.1 Å². The predicted molar refractivity (Wildman–Crippen MR) is 92.6 cm³/mol. The van der Waals surface area contributed by atoms with E-state index in [9.17, 15) is 9.18 Å². The summed E-state index contributed by atoms with van der Waals surface area (Å²) in [5.74, 6) is 0.0867. The van der Waals surface area contributed by atoms with Gasteiger partial charge in [0, 0.05) is 50.7 Å². The molecule has 0 aromatic heterocycles. The maximum atomic E-state index is 12.9. The van der Waals surface area contributed by atoms with E-state index in [0.29, 0.717) is 5.92 Å². The molecular weight excluding hydrogens is 307 g/mol. The van der Waals surface area contributed by atoms with Crippen molar-refractivity contribution in [3.05, 3.63) is 35.6 Å². The van der Waals surface area contributed by atoms with Crippen molar-refractivity contribution in [1.82, 2.24) is 20.4 Å². The van der Waals surface area contributed by atoms with E-state index in [4.69, 9.17) is 0 Å². The van der Waals surface area contributed by atoms with Crippen LogP contribution in [0.2, 0.25) is 0 Å². The third-order valence-corrected chi connectivity index (χ3v) is 4.91. The van der Waals surface area contributed by atoms with E-state index in [2.05, 4.69) is 27.5 Å². The summed E-state index contributed by atoms with van der Waals surface area (Å²) in [6, 6.07) is 6.73. The molecule has 0 spiro atoms. The van der Waals surface area contributed by atoms with Gasteiger partial charge in [-0.1, -0.05) is 12.1 Å². The Morgan fingerprint density at radius 1 is 1.25 bits per heavy atom. The molecule has 5 nitrogen and oxygen atoms in total. The standard InChI is InChI=1S/C18H27FN4O/c1-13(12-23-9-7-22(2)8-10-23)20-18(24)21-17-11-16(17)14-3-5-15(19)6-4-14/h3-6,13,16-17H,7-12H2,1-2H3,(H2,20,21,24). The van der Waals surface area contributed by atoms with Crippen LogP contribution in [-0.4, -0.2) is 67.7 Å². The highest BCUT2D eigenvalue weighted by atomic mass is 19.1. The molecule has 1 aliphatic carbocycles. The third kappa shape index (κ3) is 4.68. The number of rotatable bonds is 5. The first-order valence-corrected chi connectivity index (χ1v) is 8.74. The molecule has 0 bridgehead atoms. The number of hydrogen-bond acceptors (Lipinski definition) is 3. The highest BCUT2D eigenvalue weighted by molar-refractivity contribution is 5.75. The molecule has 0 radical (unpaired) electrons. The molecule has 2 aliphatic rings. The molecule has 1 aromatic rings. The predicted octanol–water partition coefficient (Wildman–Crippen LogP) is 1.62. The van der Waals surface area contributed by atoms with E-state index in [-0.39, 0.29) is 23.9 Å². The fourth-order valence-corrected chi connectivity index (χ4v) is 3.33. The number of amides is 2. The van der Waals surface area contributed by atoms with Crippen molar-refractivity contribution in [2.45, 2.75) is 31.3 Å². The van der Waals surface area contributed by atoms with Gasteiger partial charge in [0.15, 0.2) is 0 Å². The van der Waals surface area contributed by atoms with Crippen molar-refractivity contribution in [2.75, 3.05) is 39.8 Å². The second kappa shape index (κ2) is 7.49. The van der Waals surface area contributed by atoms with Gasteiger partial charge in [0.25, 0.3) is 0 Å². The molecule has 24 heavy (non-hydrogen) atoms. The number of nitrogens with one attached hydrogen (secondary N) is 2. The van der Waals surface area contributed by atoms with Gasteiger partial charge in [-0.15, -0.1) is 0 Å². The Balaban J connectivity index is 1.37. The normalized spacial score (nSPS) is 26.0. The summed E-state index contributed by atoms with van der Waals surface area (Å²) < 4.78 is 12.9. The van der Waals surface area contributed by atoms with Crippen LogP contribution < -0.4 is 10.6 Å². The number of carbonyl (C=O) groups excluding carboxylic acids is 1. The van der Waals surface area contributed by atoms with E-state index < -0.39 is 0 Å². The Morgan fingerprint density at radius 2 is 1.92 bits per heavy atom. The summed E-state index contributed by atoms with van der Waals surface area (Å²) >= 11 is 0. The number of nitrogens with zero attached hydrogens (tertiary/aromatic N) is 2. The van der Waals surface area contributed by atoms with Gasteiger partial charge in [-0.2, -0.15) is 0 Å². The van der Waals surface area contributed by atoms with Crippen LogP contribution in [0.25, 0.3) is 0 Å². The molecule has 2 fully saturated rings. The van der Waals surface area contributed by atoms with Crippen LogP contribution in [-0.2, 0) is 0 Å². The fraction of sp³-hybridized carbons (Fsp3) is 0.611. The second-order valence-electron chi connectivity index (χ2n) is 7.12. The van der Waals surface area contributed by atoms with Crippen LogP contribution in [0, 0.1) is 5.82 Å². The van der Waals surface area contributed by atoms with Gasteiger partial charge >= 0.3 is 6.03 Å². The SMILES string of the molecule is CC(CN1CCN(C)CC1)NC(=O)NC1CC1c1ccc(F)cc1. The first-order valence-electron chi connectivity index (χ1n) is 8.74. The quantitative estimate of drug-likeness (QED) is 0.860. The van der Waals surface area contributed by atoms with Gasteiger partial charge in [-0.25, -0.2) is 9.18 Å². The summed E-state index contributed by atoms with van der Waals surface area (Å²) in [5.41, 5.74) is 1.09. The van der Waals surface area contributed by atoms with Gasteiger partial charge in [0.1, 0.15) is 5.82 Å². The van der Waals surface area contributed by atoms with Crippen LogP contribution >= 0.6 is 0 Å². The Kier molecular flexibility index (Phi) is 5.36. The highest BCUT2D eigenvalue weighted by Crippen LogP contribution is 2.40. The number of benzene rings is 1. The molecule has 1 aromatic carbocycles. The maximum Gasteiger partial charge on any atom is 0.315 e. The van der Waals surface area contributed by atoms with Gasteiger partial charge in [0.05, 0.1) is 0 Å². The molecule has 3 unspecified atom stereocenters. The zero-order valence-electron chi connectivity index (χ0n) is 14.5. The first kappa shape index (κ1) is 17.2. The lowest BCUT2D eigenvalue weighted by Crippen LogP contribution is -2.51. The van der Waals surface area contributed by atoms with Gasteiger partial charge in [-0.3, -0.25) is 4.90 Å². The summed E-state index contributed by atoms with van der Waals surface area (Å²) in [6.45, 7) is 7.20. The topological polar surface area (TPSA) is 47.6 Å². The molecule has 1 saturated carbocycles. The second-order valence-corrected chi connectivity index (χ2v) is 7.12.